The summed E-state index contributed by atoms with van der Waals surface area (Å²) < 4.78 is 13.1. The van der Waals surface area contributed by atoms with Crippen molar-refractivity contribution in [3.63, 3.8) is 0 Å². The van der Waals surface area contributed by atoms with Gasteiger partial charge in [-0.25, -0.2) is 9.82 Å². The van der Waals surface area contributed by atoms with Crippen LogP contribution in [0.3, 0.4) is 0 Å². The van der Waals surface area contributed by atoms with Crippen LogP contribution < -0.4 is 16.6 Å². The van der Waals surface area contributed by atoms with Gasteiger partial charge in [-0.05, 0) is 18.3 Å². The van der Waals surface area contributed by atoms with Crippen LogP contribution in [0.25, 0.3) is 0 Å². The van der Waals surface area contributed by atoms with Gasteiger partial charge >= 0.3 is 0 Å². The Labute approximate surface area is 89.8 Å². The predicted octanol–water partition coefficient (Wildman–Crippen LogP) is 0.628. The molecule has 0 saturated carbocycles. The third-order valence-electron chi connectivity index (χ3n) is 1.45. The minimum absolute atomic E-state index is 0.0424. The third kappa shape index (κ3) is 2.44. The van der Waals surface area contributed by atoms with Crippen LogP contribution in [-0.2, 0) is 0 Å². The van der Waals surface area contributed by atoms with E-state index in [9.17, 15) is 4.39 Å². The average molecular weight is 237 g/mol. The average Bonchev–Trinajstić information content (AvgIpc) is 2.14. The second-order valence-corrected chi connectivity index (χ2v) is 3.23. The topological polar surface area (TPSA) is 71.9 Å². The molecule has 1 aromatic carbocycles. The van der Waals surface area contributed by atoms with Crippen molar-refractivity contribution in [3.05, 3.63) is 23.0 Å². The molecule has 0 aliphatic heterocycles. The number of rotatable bonds is 1. The lowest BCUT2D eigenvalue weighted by atomic mass is 10.3. The summed E-state index contributed by atoms with van der Waals surface area (Å²) in [5, 5.41) is 11.8. The van der Waals surface area contributed by atoms with Gasteiger partial charge in [0.2, 0.25) is 5.11 Å². The van der Waals surface area contributed by atoms with E-state index >= 15 is 0 Å². The van der Waals surface area contributed by atoms with Gasteiger partial charge in [0.25, 0.3) is 0 Å². The van der Waals surface area contributed by atoms with Gasteiger partial charge in [0.15, 0.2) is 0 Å². The molecule has 0 bridgehead atoms. The molecule has 1 aromatic rings. The molecule has 6 N–H and O–H groups in total. The number of hydrogen-bond acceptors (Lipinski definition) is 2. The zero-order chi connectivity index (χ0) is 10.7. The molecular formula is C7H8ClFN3OS+. The molecule has 0 amide bonds. The molecule has 0 aromatic heterocycles. The molecule has 0 heterocycles. The highest BCUT2D eigenvalue weighted by molar-refractivity contribution is 7.80. The van der Waals surface area contributed by atoms with Crippen LogP contribution in [0.1, 0.15) is 0 Å². The molecule has 0 saturated heterocycles. The molecule has 14 heavy (non-hydrogen) atoms. The fourth-order valence-corrected chi connectivity index (χ4v) is 1.07. The van der Waals surface area contributed by atoms with Gasteiger partial charge in [0, 0.05) is 6.07 Å². The van der Waals surface area contributed by atoms with E-state index in [1.165, 1.54) is 6.07 Å². The van der Waals surface area contributed by atoms with Crippen molar-refractivity contribution in [2.75, 3.05) is 5.32 Å². The minimum atomic E-state index is -0.649. The van der Waals surface area contributed by atoms with E-state index in [0.29, 0.717) is 0 Å². The molecular weight excluding hydrogens is 229 g/mol. The first-order chi connectivity index (χ1) is 6.54. The number of aromatic hydroxyl groups is 1. The number of hydrogen-bond donors (Lipinski definition) is 4. The number of anilines is 1. The third-order valence-corrected chi connectivity index (χ3v) is 1.99. The van der Waals surface area contributed by atoms with Crippen LogP contribution in [0.2, 0.25) is 5.02 Å². The van der Waals surface area contributed by atoms with Gasteiger partial charge in [-0.2, -0.15) is 0 Å². The van der Waals surface area contributed by atoms with Gasteiger partial charge in [-0.15, -0.1) is 0 Å². The number of nitrogens with one attached hydrogen (secondary N) is 2. The molecule has 0 radical (unpaired) electrons. The van der Waals surface area contributed by atoms with E-state index in [1.807, 2.05) is 0 Å². The monoisotopic (exact) mass is 236 g/mol. The Bertz CT molecular complexity index is 374. The summed E-state index contributed by atoms with van der Waals surface area (Å²) in [5.74, 6) is 2.33. The van der Waals surface area contributed by atoms with E-state index in [-0.39, 0.29) is 21.6 Å². The molecule has 0 aliphatic rings. The summed E-state index contributed by atoms with van der Waals surface area (Å²) in [4.78, 5) is 0. The Kier molecular flexibility index (Phi) is 3.45. The number of thiocarbonyl (C=S) groups is 1. The van der Waals surface area contributed by atoms with E-state index in [1.54, 1.807) is 0 Å². The highest BCUT2D eigenvalue weighted by atomic mass is 35.5. The van der Waals surface area contributed by atoms with Crippen LogP contribution in [0.5, 0.6) is 5.75 Å². The van der Waals surface area contributed by atoms with Gasteiger partial charge in [-0.3, -0.25) is 5.84 Å². The van der Waals surface area contributed by atoms with Gasteiger partial charge in [0.05, 0.1) is 10.7 Å². The predicted molar refractivity (Wildman–Crippen MR) is 55.3 cm³/mol. The fourth-order valence-electron chi connectivity index (χ4n) is 0.799. The van der Waals surface area contributed by atoms with Crippen molar-refractivity contribution in [2.24, 2.45) is 0 Å². The zero-order valence-corrected chi connectivity index (χ0v) is 8.55. The van der Waals surface area contributed by atoms with E-state index < -0.39 is 5.82 Å². The first-order valence-corrected chi connectivity index (χ1v) is 4.35. The van der Waals surface area contributed by atoms with Crippen molar-refractivity contribution >= 4 is 34.6 Å². The van der Waals surface area contributed by atoms with Crippen LogP contribution in [0.15, 0.2) is 12.1 Å². The lowest BCUT2D eigenvalue weighted by Crippen LogP contribution is -2.68. The lowest BCUT2D eigenvalue weighted by Gasteiger charge is -2.07. The Balaban J connectivity index is 2.98. The highest BCUT2D eigenvalue weighted by Gasteiger charge is 2.08. The summed E-state index contributed by atoms with van der Waals surface area (Å²) >= 11 is 10.3. The Morgan fingerprint density at radius 3 is 2.79 bits per heavy atom. The van der Waals surface area contributed by atoms with Crippen LogP contribution in [-0.4, -0.2) is 10.2 Å². The molecule has 0 fully saturated rings. The quantitative estimate of drug-likeness (QED) is 0.328. The fraction of sp³-hybridized carbons (Fsp3) is 0. The van der Waals surface area contributed by atoms with Crippen molar-refractivity contribution in [1.29, 1.82) is 0 Å². The normalized spacial score (nSPS) is 9.64. The number of quaternary nitrogens is 1. The molecule has 1 rings (SSSR count). The Morgan fingerprint density at radius 1 is 1.57 bits per heavy atom. The number of halogens is 2. The second-order valence-electron chi connectivity index (χ2n) is 2.41. The second kappa shape index (κ2) is 4.41. The molecule has 0 aliphatic carbocycles. The van der Waals surface area contributed by atoms with Crippen LogP contribution in [0, 0.1) is 5.82 Å². The summed E-state index contributed by atoms with van der Waals surface area (Å²) in [6, 6.07) is 2.13. The van der Waals surface area contributed by atoms with Gasteiger partial charge in [0.1, 0.15) is 11.6 Å². The Hall–Kier alpha value is -1.11. The van der Waals surface area contributed by atoms with E-state index in [2.05, 4.69) is 16.6 Å². The van der Waals surface area contributed by atoms with Crippen molar-refractivity contribution < 1.29 is 15.3 Å². The largest absolute Gasteiger partial charge is 0.506 e. The first-order valence-electron chi connectivity index (χ1n) is 3.56. The standard InChI is InChI=1S/C7H7ClFN3OS/c8-3-1-5(11-7(14)12-10)4(9)2-6(3)13/h1-2,13H,10H2,(H2,11,12,14)/p+1. The SMILES string of the molecule is [NH3+]NC(=S)Nc1cc(Cl)c(O)cc1F. The number of phenolic OH excluding ortho intramolecular Hbond substituents is 1. The van der Waals surface area contributed by atoms with Gasteiger partial charge < -0.3 is 10.4 Å². The summed E-state index contributed by atoms with van der Waals surface area (Å²) in [5.41, 5.74) is 2.45. The maximum Gasteiger partial charge on any atom is 0.217 e. The van der Waals surface area contributed by atoms with Crippen molar-refractivity contribution in [1.82, 2.24) is 5.43 Å². The molecule has 7 heteroatoms. The summed E-state index contributed by atoms with van der Waals surface area (Å²) in [6.07, 6.45) is 0. The lowest BCUT2D eigenvalue weighted by molar-refractivity contribution is -0.418. The van der Waals surface area contributed by atoms with Crippen molar-refractivity contribution in [3.8, 4) is 5.75 Å². The smallest absolute Gasteiger partial charge is 0.217 e. The van der Waals surface area contributed by atoms with Crippen molar-refractivity contribution in [2.45, 2.75) is 0 Å². The van der Waals surface area contributed by atoms with Crippen LogP contribution in [0.4, 0.5) is 10.1 Å². The summed E-state index contributed by atoms with van der Waals surface area (Å²) in [7, 11) is 0. The first kappa shape index (κ1) is 11.0. The molecule has 0 atom stereocenters. The zero-order valence-electron chi connectivity index (χ0n) is 6.97. The molecule has 76 valence electrons. The summed E-state index contributed by atoms with van der Waals surface area (Å²) in [6.45, 7) is 0. The minimum Gasteiger partial charge on any atom is -0.506 e. The number of benzene rings is 1. The number of phenols is 1. The van der Waals surface area contributed by atoms with E-state index in [4.69, 9.17) is 28.9 Å². The maximum absolute atomic E-state index is 13.1. The molecule has 0 spiro atoms. The van der Waals surface area contributed by atoms with Crippen LogP contribution >= 0.6 is 23.8 Å². The molecule has 0 unspecified atom stereocenters. The van der Waals surface area contributed by atoms with E-state index in [0.717, 1.165) is 6.07 Å². The highest BCUT2D eigenvalue weighted by Crippen LogP contribution is 2.28. The maximum atomic E-state index is 13.1. The molecule has 4 nitrogen and oxygen atoms in total. The Morgan fingerprint density at radius 2 is 2.21 bits per heavy atom. The van der Waals surface area contributed by atoms with Gasteiger partial charge in [-0.1, -0.05) is 11.6 Å².